The predicted octanol–water partition coefficient (Wildman–Crippen LogP) is 5.03. The fourth-order valence-corrected chi connectivity index (χ4v) is 3.87. The Morgan fingerprint density at radius 3 is 2.33 bits per heavy atom. The van der Waals surface area contributed by atoms with Crippen molar-refractivity contribution in [1.29, 1.82) is 0 Å². The summed E-state index contributed by atoms with van der Waals surface area (Å²) in [5.74, 6) is 0. The summed E-state index contributed by atoms with van der Waals surface area (Å²) in [6.07, 6.45) is 18.8. The molecule has 21 heavy (non-hydrogen) atoms. The summed E-state index contributed by atoms with van der Waals surface area (Å²) in [5.41, 5.74) is 2.96. The van der Waals surface area contributed by atoms with Gasteiger partial charge in [-0.15, -0.1) is 0 Å². The van der Waals surface area contributed by atoms with Gasteiger partial charge >= 0.3 is 0 Å². The normalized spacial score (nSPS) is 40.1. The van der Waals surface area contributed by atoms with Crippen LogP contribution in [0.3, 0.4) is 0 Å². The average Bonchev–Trinajstić information content (AvgIpc) is 2.51. The third-order valence-electron chi connectivity index (χ3n) is 4.98. The van der Waals surface area contributed by atoms with E-state index < -0.39 is 0 Å². The number of fused-ring (bicyclic) bond motifs is 2. The van der Waals surface area contributed by atoms with Crippen LogP contribution in [0.2, 0.25) is 0 Å². The maximum atomic E-state index is 2.51. The van der Waals surface area contributed by atoms with Crippen LogP contribution in [0.15, 0.2) is 59.9 Å². The summed E-state index contributed by atoms with van der Waals surface area (Å²) in [6, 6.07) is 0.394. The van der Waals surface area contributed by atoms with Crippen LogP contribution in [-0.2, 0) is 0 Å². The van der Waals surface area contributed by atoms with Crippen LogP contribution in [-0.4, -0.2) is 21.4 Å². The van der Waals surface area contributed by atoms with E-state index in [0.717, 1.165) is 0 Å². The van der Waals surface area contributed by atoms with E-state index in [-0.39, 0.29) is 14.3 Å². The van der Waals surface area contributed by atoms with Crippen molar-refractivity contribution in [1.82, 2.24) is 4.90 Å². The highest BCUT2D eigenvalue weighted by molar-refractivity contribution is 14.1. The van der Waals surface area contributed by atoms with E-state index in [1.165, 1.54) is 11.3 Å². The van der Waals surface area contributed by atoms with Gasteiger partial charge in [-0.25, -0.2) is 0 Å². The van der Waals surface area contributed by atoms with Crippen LogP contribution in [0.1, 0.15) is 27.7 Å². The molecule has 0 saturated heterocycles. The van der Waals surface area contributed by atoms with Crippen molar-refractivity contribution < 1.29 is 0 Å². The molecule has 0 amide bonds. The van der Waals surface area contributed by atoms with Crippen molar-refractivity contribution >= 4 is 22.6 Å². The minimum absolute atomic E-state index is 0.0464. The highest BCUT2D eigenvalue weighted by Gasteiger charge is 2.45. The quantitative estimate of drug-likeness (QED) is 0.317. The molecule has 3 unspecified atom stereocenters. The van der Waals surface area contributed by atoms with Gasteiger partial charge in [0.2, 0.25) is 0 Å². The number of hydrogen-bond donors (Lipinski definition) is 0. The molecule has 0 aromatic rings. The molecule has 0 N–H and O–H groups in total. The van der Waals surface area contributed by atoms with E-state index in [1.54, 1.807) is 0 Å². The van der Waals surface area contributed by atoms with Crippen molar-refractivity contribution in [2.45, 2.75) is 37.2 Å². The molecule has 1 nitrogen and oxygen atoms in total. The van der Waals surface area contributed by atoms with Gasteiger partial charge in [0.15, 0.2) is 0 Å². The molecular formula is C19H24IN. The highest BCUT2D eigenvalue weighted by Crippen LogP contribution is 2.50. The number of likely N-dealkylation sites (N-methyl/N-ethyl adjacent to an activating group) is 1. The Hall–Kier alpha value is -0.770. The lowest BCUT2D eigenvalue weighted by atomic mass is 9.77. The van der Waals surface area contributed by atoms with Gasteiger partial charge in [0.25, 0.3) is 0 Å². The van der Waals surface area contributed by atoms with E-state index in [9.17, 15) is 0 Å². The van der Waals surface area contributed by atoms with Gasteiger partial charge in [-0.3, -0.25) is 0 Å². The maximum Gasteiger partial charge on any atom is 0.0600 e. The number of rotatable bonds is 0. The van der Waals surface area contributed by atoms with Crippen LogP contribution in [0, 0.1) is 10.8 Å². The molecule has 1 heterocycles. The maximum absolute atomic E-state index is 2.51. The first-order valence-corrected chi connectivity index (χ1v) is 8.67. The van der Waals surface area contributed by atoms with Crippen molar-refractivity contribution in [3.05, 3.63) is 59.9 Å². The Morgan fingerprint density at radius 1 is 0.952 bits per heavy atom. The van der Waals surface area contributed by atoms with Crippen LogP contribution < -0.4 is 0 Å². The zero-order valence-electron chi connectivity index (χ0n) is 13.5. The standard InChI is InChI=1S/C19H24IN/c1-17(2)9-6-14-15(7-10-17)21(5)16-8-11-18(3,20)12-13-19(14,16)4/h6-13,16H,1-5H3. The second-order valence-corrected chi connectivity index (χ2v) is 9.79. The first-order valence-electron chi connectivity index (χ1n) is 7.59. The summed E-state index contributed by atoms with van der Waals surface area (Å²) < 4.78 is 0.107. The molecule has 0 spiro atoms. The molecule has 0 saturated carbocycles. The van der Waals surface area contributed by atoms with Gasteiger partial charge in [-0.05, 0) is 25.5 Å². The molecule has 3 aliphatic rings. The third kappa shape index (κ3) is 2.45. The van der Waals surface area contributed by atoms with E-state index in [2.05, 4.69) is 111 Å². The van der Waals surface area contributed by atoms with Crippen LogP contribution in [0.25, 0.3) is 0 Å². The number of allylic oxidation sites excluding steroid dienone is 6. The molecule has 3 atom stereocenters. The van der Waals surface area contributed by atoms with Gasteiger partial charge in [0.05, 0.1) is 9.46 Å². The van der Waals surface area contributed by atoms with Crippen LogP contribution in [0.5, 0.6) is 0 Å². The SMILES string of the molecule is CN1C2=C(C=CC(C)(C)C=C2)C2(C)C=CC(C)(I)C=CC12. The summed E-state index contributed by atoms with van der Waals surface area (Å²) in [6.45, 7) is 9.14. The molecule has 112 valence electrons. The number of alkyl halides is 1. The van der Waals surface area contributed by atoms with Gasteiger partial charge < -0.3 is 4.90 Å². The van der Waals surface area contributed by atoms with Gasteiger partial charge in [-0.2, -0.15) is 0 Å². The van der Waals surface area contributed by atoms with E-state index in [1.807, 2.05) is 0 Å². The largest absolute Gasteiger partial charge is 0.367 e. The van der Waals surface area contributed by atoms with Crippen molar-refractivity contribution in [3.63, 3.8) is 0 Å². The highest BCUT2D eigenvalue weighted by atomic mass is 127. The Morgan fingerprint density at radius 2 is 1.62 bits per heavy atom. The molecule has 3 rings (SSSR count). The monoisotopic (exact) mass is 393 g/mol. The molecule has 0 aromatic heterocycles. The molecule has 0 aromatic carbocycles. The number of hydrogen-bond acceptors (Lipinski definition) is 1. The Balaban J connectivity index is 2.14. The van der Waals surface area contributed by atoms with Crippen LogP contribution in [0.4, 0.5) is 0 Å². The van der Waals surface area contributed by atoms with Crippen LogP contribution >= 0.6 is 22.6 Å². The summed E-state index contributed by atoms with van der Waals surface area (Å²) in [4.78, 5) is 2.43. The topological polar surface area (TPSA) is 3.24 Å². The predicted molar refractivity (Wildman–Crippen MR) is 99.5 cm³/mol. The van der Waals surface area contributed by atoms with Gasteiger partial charge in [0.1, 0.15) is 0 Å². The zero-order valence-corrected chi connectivity index (χ0v) is 15.7. The molecule has 2 aliphatic carbocycles. The third-order valence-corrected chi connectivity index (χ3v) is 5.70. The minimum atomic E-state index is 0.0464. The Kier molecular flexibility index (Phi) is 3.32. The molecule has 0 bridgehead atoms. The average molecular weight is 393 g/mol. The lowest BCUT2D eigenvalue weighted by Crippen LogP contribution is -2.35. The smallest absolute Gasteiger partial charge is 0.0600 e. The summed E-state index contributed by atoms with van der Waals surface area (Å²) >= 11 is 2.51. The zero-order chi connectivity index (χ0) is 15.5. The molecular weight excluding hydrogens is 369 g/mol. The number of nitrogens with zero attached hydrogens (tertiary/aromatic N) is 1. The summed E-state index contributed by atoms with van der Waals surface area (Å²) in [5, 5.41) is 0. The van der Waals surface area contributed by atoms with E-state index in [4.69, 9.17) is 0 Å². The Bertz CT molecular complexity index is 615. The van der Waals surface area contributed by atoms with Gasteiger partial charge in [0, 0.05) is 23.6 Å². The van der Waals surface area contributed by atoms with Gasteiger partial charge in [-0.1, -0.05) is 79.0 Å². The minimum Gasteiger partial charge on any atom is -0.367 e. The van der Waals surface area contributed by atoms with Crippen molar-refractivity contribution in [3.8, 4) is 0 Å². The summed E-state index contributed by atoms with van der Waals surface area (Å²) in [7, 11) is 2.22. The number of halogens is 1. The molecule has 0 radical (unpaired) electrons. The molecule has 0 fully saturated rings. The lowest BCUT2D eigenvalue weighted by molar-refractivity contribution is 0.299. The lowest BCUT2D eigenvalue weighted by Gasteiger charge is -2.32. The second kappa shape index (κ2) is 4.61. The fourth-order valence-electron chi connectivity index (χ4n) is 3.49. The molecule has 2 heteroatoms. The van der Waals surface area contributed by atoms with E-state index >= 15 is 0 Å². The molecule has 1 aliphatic heterocycles. The first-order chi connectivity index (χ1) is 9.65. The van der Waals surface area contributed by atoms with Crippen molar-refractivity contribution in [2.24, 2.45) is 10.8 Å². The Labute approximate surface area is 142 Å². The second-order valence-electron chi connectivity index (χ2n) is 7.47. The first kappa shape index (κ1) is 15.1. The van der Waals surface area contributed by atoms with E-state index in [0.29, 0.717) is 6.04 Å². The fraction of sp³-hybridized carbons (Fsp3) is 0.474. The van der Waals surface area contributed by atoms with Crippen molar-refractivity contribution in [2.75, 3.05) is 7.05 Å².